The van der Waals surface area contributed by atoms with E-state index in [4.69, 9.17) is 0 Å². The zero-order valence-electron chi connectivity index (χ0n) is 5.44. The van der Waals surface area contributed by atoms with Crippen molar-refractivity contribution in [2.75, 3.05) is 0 Å². The Morgan fingerprint density at radius 3 is 2.67 bits per heavy atom. The Kier molecular flexibility index (Phi) is 1.75. The lowest BCUT2D eigenvalue weighted by Crippen LogP contribution is -1.91. The minimum Gasteiger partial charge on any atom is -0.256 e. The van der Waals surface area contributed by atoms with Crippen LogP contribution in [0.15, 0.2) is 6.33 Å². The molecule has 0 saturated carbocycles. The summed E-state index contributed by atoms with van der Waals surface area (Å²) in [6.07, 6.45) is 1.67. The smallest absolute Gasteiger partial charge is 0.162 e. The van der Waals surface area contributed by atoms with Crippen LogP contribution >= 0.6 is 12.6 Å². The van der Waals surface area contributed by atoms with E-state index in [0.717, 1.165) is 5.82 Å². The molecule has 0 spiro atoms. The Bertz CT molecular complexity index is 194. The van der Waals surface area contributed by atoms with E-state index in [1.165, 1.54) is 0 Å². The average Bonchev–Trinajstić information content (AvgIpc) is 2.14. The molecule has 0 aliphatic heterocycles. The van der Waals surface area contributed by atoms with Crippen molar-refractivity contribution in [2.45, 2.75) is 12.2 Å². The third kappa shape index (κ3) is 1.45. The molecule has 3 nitrogen and oxygen atoms in total. The molecule has 1 heterocycles. The second-order valence-corrected chi connectivity index (χ2v) is 2.73. The largest absolute Gasteiger partial charge is 0.256 e. The molecule has 4 heteroatoms. The molecule has 0 N–H and O–H groups in total. The van der Waals surface area contributed by atoms with Gasteiger partial charge in [0, 0.05) is 7.05 Å². The van der Waals surface area contributed by atoms with Crippen molar-refractivity contribution in [2.24, 2.45) is 7.05 Å². The van der Waals surface area contributed by atoms with Gasteiger partial charge < -0.3 is 0 Å². The molecule has 0 radical (unpaired) electrons. The molecule has 0 amide bonds. The molecule has 1 unspecified atom stereocenters. The molecule has 1 atom stereocenters. The van der Waals surface area contributed by atoms with Crippen LogP contribution < -0.4 is 0 Å². The number of aromatic nitrogens is 3. The van der Waals surface area contributed by atoms with Crippen LogP contribution in [0.25, 0.3) is 0 Å². The Labute approximate surface area is 59.5 Å². The number of rotatable bonds is 1. The van der Waals surface area contributed by atoms with Gasteiger partial charge in [-0.15, -0.1) is 0 Å². The summed E-state index contributed by atoms with van der Waals surface area (Å²) in [5, 5.41) is 4.17. The molecule has 1 aromatic rings. The van der Waals surface area contributed by atoms with Crippen molar-refractivity contribution in [1.29, 1.82) is 0 Å². The summed E-state index contributed by atoms with van der Waals surface area (Å²) in [7, 11) is 1.84. The van der Waals surface area contributed by atoms with E-state index in [-0.39, 0.29) is 5.25 Å². The first kappa shape index (κ1) is 6.61. The Hall–Kier alpha value is -0.510. The zero-order chi connectivity index (χ0) is 6.85. The fourth-order valence-electron chi connectivity index (χ4n) is 0.547. The first-order valence-corrected chi connectivity index (χ1v) is 3.25. The molecule has 0 bridgehead atoms. The van der Waals surface area contributed by atoms with Crippen LogP contribution in [0.3, 0.4) is 0 Å². The zero-order valence-corrected chi connectivity index (χ0v) is 6.34. The van der Waals surface area contributed by atoms with E-state index in [1.54, 1.807) is 11.0 Å². The van der Waals surface area contributed by atoms with Gasteiger partial charge >= 0.3 is 0 Å². The van der Waals surface area contributed by atoms with E-state index < -0.39 is 0 Å². The lowest BCUT2D eigenvalue weighted by Gasteiger charge is -1.92. The first-order chi connectivity index (χ1) is 4.20. The standard InChI is InChI=1S/C5H9N3S/c1-4(9)5-6-3-8(2)7-5/h3-4,9H,1-2H3. The van der Waals surface area contributed by atoms with Gasteiger partial charge in [0.15, 0.2) is 5.82 Å². The summed E-state index contributed by atoms with van der Waals surface area (Å²) in [6.45, 7) is 1.94. The van der Waals surface area contributed by atoms with Crippen molar-refractivity contribution in [3.63, 3.8) is 0 Å². The SMILES string of the molecule is CC(S)c1ncn(C)n1. The van der Waals surface area contributed by atoms with E-state index in [0.29, 0.717) is 0 Å². The van der Waals surface area contributed by atoms with Crippen LogP contribution in [0.2, 0.25) is 0 Å². The Morgan fingerprint density at radius 1 is 1.78 bits per heavy atom. The molecule has 50 valence electrons. The number of hydrogen-bond acceptors (Lipinski definition) is 3. The van der Waals surface area contributed by atoms with Gasteiger partial charge in [0.25, 0.3) is 0 Å². The van der Waals surface area contributed by atoms with Crippen LogP contribution in [0.5, 0.6) is 0 Å². The van der Waals surface area contributed by atoms with E-state index in [1.807, 2.05) is 14.0 Å². The third-order valence-electron chi connectivity index (χ3n) is 0.991. The fraction of sp³-hybridized carbons (Fsp3) is 0.600. The van der Waals surface area contributed by atoms with E-state index >= 15 is 0 Å². The van der Waals surface area contributed by atoms with Gasteiger partial charge in [0.05, 0.1) is 5.25 Å². The maximum atomic E-state index is 4.16. The fourth-order valence-corrected chi connectivity index (χ4v) is 0.666. The summed E-state index contributed by atoms with van der Waals surface area (Å²) in [5.41, 5.74) is 0. The molecule has 1 aromatic heterocycles. The lowest BCUT2D eigenvalue weighted by atomic mass is 10.5. The summed E-state index contributed by atoms with van der Waals surface area (Å²) >= 11 is 4.16. The van der Waals surface area contributed by atoms with Gasteiger partial charge in [-0.1, -0.05) is 0 Å². The average molecular weight is 143 g/mol. The summed E-state index contributed by atoms with van der Waals surface area (Å²) < 4.78 is 1.67. The molecule has 0 aliphatic rings. The summed E-state index contributed by atoms with van der Waals surface area (Å²) in [5.74, 6) is 0.779. The molecule has 0 aromatic carbocycles. The maximum absolute atomic E-state index is 4.16. The second-order valence-electron chi connectivity index (χ2n) is 1.95. The summed E-state index contributed by atoms with van der Waals surface area (Å²) in [4.78, 5) is 3.99. The van der Waals surface area contributed by atoms with Crippen molar-refractivity contribution in [3.05, 3.63) is 12.2 Å². The Morgan fingerprint density at radius 2 is 2.44 bits per heavy atom. The van der Waals surface area contributed by atoms with E-state index in [2.05, 4.69) is 22.7 Å². The molecule has 0 aliphatic carbocycles. The minimum atomic E-state index is 0.131. The third-order valence-corrected chi connectivity index (χ3v) is 1.22. The quantitative estimate of drug-likeness (QED) is 0.590. The van der Waals surface area contributed by atoms with Crippen molar-refractivity contribution in [1.82, 2.24) is 14.8 Å². The molecular formula is C5H9N3S. The van der Waals surface area contributed by atoms with Crippen LogP contribution in [0, 0.1) is 0 Å². The summed E-state index contributed by atoms with van der Waals surface area (Å²) in [6, 6.07) is 0. The van der Waals surface area contributed by atoms with Gasteiger partial charge in [-0.05, 0) is 6.92 Å². The predicted molar refractivity (Wildman–Crippen MR) is 38.4 cm³/mol. The number of hydrogen-bond donors (Lipinski definition) is 1. The molecule has 0 fully saturated rings. The predicted octanol–water partition coefficient (Wildman–Crippen LogP) is 0.806. The second kappa shape index (κ2) is 2.39. The van der Waals surface area contributed by atoms with E-state index in [9.17, 15) is 0 Å². The topological polar surface area (TPSA) is 30.7 Å². The molecule has 1 rings (SSSR count). The highest BCUT2D eigenvalue weighted by Crippen LogP contribution is 2.11. The molecular weight excluding hydrogens is 134 g/mol. The van der Waals surface area contributed by atoms with Crippen LogP contribution in [-0.2, 0) is 7.05 Å². The highest BCUT2D eigenvalue weighted by Gasteiger charge is 2.02. The van der Waals surface area contributed by atoms with Crippen LogP contribution in [0.4, 0.5) is 0 Å². The lowest BCUT2D eigenvalue weighted by molar-refractivity contribution is 0.744. The van der Waals surface area contributed by atoms with Gasteiger partial charge in [-0.3, -0.25) is 4.68 Å². The van der Waals surface area contributed by atoms with Crippen LogP contribution in [0.1, 0.15) is 18.0 Å². The van der Waals surface area contributed by atoms with Crippen molar-refractivity contribution >= 4 is 12.6 Å². The number of nitrogens with zero attached hydrogens (tertiary/aromatic N) is 3. The normalized spacial score (nSPS) is 13.7. The highest BCUT2D eigenvalue weighted by molar-refractivity contribution is 7.80. The van der Waals surface area contributed by atoms with Gasteiger partial charge in [0.2, 0.25) is 0 Å². The Balaban J connectivity index is 2.85. The minimum absolute atomic E-state index is 0.131. The van der Waals surface area contributed by atoms with Gasteiger partial charge in [-0.25, -0.2) is 4.98 Å². The van der Waals surface area contributed by atoms with Crippen LogP contribution in [-0.4, -0.2) is 14.8 Å². The van der Waals surface area contributed by atoms with Gasteiger partial charge in [0.1, 0.15) is 6.33 Å². The number of thiol groups is 1. The monoisotopic (exact) mass is 143 g/mol. The highest BCUT2D eigenvalue weighted by atomic mass is 32.1. The van der Waals surface area contributed by atoms with Gasteiger partial charge in [-0.2, -0.15) is 17.7 Å². The molecule has 9 heavy (non-hydrogen) atoms. The molecule has 0 saturated heterocycles. The maximum Gasteiger partial charge on any atom is 0.162 e. The number of aryl methyl sites for hydroxylation is 1. The first-order valence-electron chi connectivity index (χ1n) is 2.74. The van der Waals surface area contributed by atoms with Crippen molar-refractivity contribution in [3.8, 4) is 0 Å². The van der Waals surface area contributed by atoms with Crippen molar-refractivity contribution < 1.29 is 0 Å².